The van der Waals surface area contributed by atoms with Gasteiger partial charge in [0.1, 0.15) is 5.82 Å². The van der Waals surface area contributed by atoms with E-state index in [-0.39, 0.29) is 11.4 Å². The maximum atomic E-state index is 13.1. The van der Waals surface area contributed by atoms with Gasteiger partial charge in [0.2, 0.25) is 0 Å². The van der Waals surface area contributed by atoms with Crippen molar-refractivity contribution in [2.24, 2.45) is 0 Å². The van der Waals surface area contributed by atoms with Crippen molar-refractivity contribution >= 4 is 5.97 Å². The standard InChI is InChI=1S/C20H22FNO3/c21-18-6-4-15(5-7-18)13-20(8-10-25-11-9-20)22-14-16-2-1-3-17(12-16)19(23)24/h1-7,12,22H,8-11,13-14H2,(H,23,24). The van der Waals surface area contributed by atoms with E-state index in [4.69, 9.17) is 9.84 Å². The van der Waals surface area contributed by atoms with Gasteiger partial charge in [-0.2, -0.15) is 0 Å². The van der Waals surface area contributed by atoms with E-state index in [0.717, 1.165) is 30.4 Å². The molecule has 0 spiro atoms. The zero-order valence-electron chi connectivity index (χ0n) is 14.0. The Morgan fingerprint density at radius 3 is 2.52 bits per heavy atom. The molecule has 0 aliphatic carbocycles. The van der Waals surface area contributed by atoms with Crippen molar-refractivity contribution in [3.63, 3.8) is 0 Å². The van der Waals surface area contributed by atoms with Crippen molar-refractivity contribution in [1.29, 1.82) is 0 Å². The summed E-state index contributed by atoms with van der Waals surface area (Å²) in [5.41, 5.74) is 2.17. The average Bonchev–Trinajstić information content (AvgIpc) is 2.63. The summed E-state index contributed by atoms with van der Waals surface area (Å²) in [6, 6.07) is 13.6. The molecule has 1 heterocycles. The van der Waals surface area contributed by atoms with Crippen LogP contribution in [0.3, 0.4) is 0 Å². The molecule has 0 amide bonds. The molecule has 0 radical (unpaired) electrons. The second kappa shape index (κ2) is 7.76. The lowest BCUT2D eigenvalue weighted by molar-refractivity contribution is 0.0373. The van der Waals surface area contributed by atoms with Gasteiger partial charge in [0, 0.05) is 25.3 Å². The first-order chi connectivity index (χ1) is 12.1. The van der Waals surface area contributed by atoms with E-state index in [1.807, 2.05) is 18.2 Å². The van der Waals surface area contributed by atoms with Crippen molar-refractivity contribution in [2.75, 3.05) is 13.2 Å². The van der Waals surface area contributed by atoms with Gasteiger partial charge in [-0.25, -0.2) is 9.18 Å². The number of nitrogens with one attached hydrogen (secondary N) is 1. The van der Waals surface area contributed by atoms with Gasteiger partial charge < -0.3 is 15.2 Å². The van der Waals surface area contributed by atoms with Gasteiger partial charge in [0.25, 0.3) is 0 Å². The van der Waals surface area contributed by atoms with Crippen LogP contribution in [-0.2, 0) is 17.7 Å². The van der Waals surface area contributed by atoms with E-state index >= 15 is 0 Å². The minimum atomic E-state index is -0.922. The predicted molar refractivity (Wildman–Crippen MR) is 93.1 cm³/mol. The van der Waals surface area contributed by atoms with E-state index in [2.05, 4.69) is 5.32 Å². The van der Waals surface area contributed by atoms with Crippen LogP contribution in [0.4, 0.5) is 4.39 Å². The molecule has 5 heteroatoms. The topological polar surface area (TPSA) is 58.6 Å². The molecule has 0 saturated carbocycles. The van der Waals surface area contributed by atoms with Crippen LogP contribution in [0.15, 0.2) is 48.5 Å². The Hall–Kier alpha value is -2.24. The average molecular weight is 343 g/mol. The van der Waals surface area contributed by atoms with Gasteiger partial charge >= 0.3 is 5.97 Å². The second-order valence-electron chi connectivity index (χ2n) is 6.56. The molecule has 4 nitrogen and oxygen atoms in total. The van der Waals surface area contributed by atoms with Crippen LogP contribution in [0.25, 0.3) is 0 Å². The summed E-state index contributed by atoms with van der Waals surface area (Å²) in [7, 11) is 0. The molecule has 0 aromatic heterocycles. The normalized spacial score (nSPS) is 16.5. The SMILES string of the molecule is O=C(O)c1cccc(CNC2(Cc3ccc(F)cc3)CCOCC2)c1. The largest absolute Gasteiger partial charge is 0.478 e. The van der Waals surface area contributed by atoms with Gasteiger partial charge in [0.15, 0.2) is 0 Å². The summed E-state index contributed by atoms with van der Waals surface area (Å²) in [6.45, 7) is 1.95. The summed E-state index contributed by atoms with van der Waals surface area (Å²) in [6.07, 6.45) is 2.52. The maximum absolute atomic E-state index is 13.1. The number of rotatable bonds is 6. The fourth-order valence-electron chi connectivity index (χ4n) is 3.28. The Labute approximate surface area is 146 Å². The Kier molecular flexibility index (Phi) is 5.46. The van der Waals surface area contributed by atoms with Gasteiger partial charge in [-0.3, -0.25) is 0 Å². The molecular formula is C20H22FNO3. The van der Waals surface area contributed by atoms with E-state index in [9.17, 15) is 9.18 Å². The number of carboxylic acid groups (broad SMARTS) is 1. The van der Waals surface area contributed by atoms with Crippen LogP contribution in [0, 0.1) is 5.82 Å². The summed E-state index contributed by atoms with van der Waals surface area (Å²) in [5.74, 6) is -1.16. The molecular weight excluding hydrogens is 321 g/mol. The third-order valence-electron chi connectivity index (χ3n) is 4.75. The molecule has 1 aliphatic rings. The quantitative estimate of drug-likeness (QED) is 0.844. The first-order valence-electron chi connectivity index (χ1n) is 8.46. The van der Waals surface area contributed by atoms with Crippen LogP contribution in [0.1, 0.15) is 34.3 Å². The lowest BCUT2D eigenvalue weighted by Crippen LogP contribution is -2.50. The predicted octanol–water partition coefficient (Wildman–Crippen LogP) is 3.41. The van der Waals surface area contributed by atoms with Crippen LogP contribution in [0.2, 0.25) is 0 Å². The first-order valence-corrected chi connectivity index (χ1v) is 8.46. The molecule has 1 saturated heterocycles. The fourth-order valence-corrected chi connectivity index (χ4v) is 3.28. The molecule has 1 fully saturated rings. The molecule has 25 heavy (non-hydrogen) atoms. The van der Waals surface area contributed by atoms with Crippen molar-refractivity contribution in [2.45, 2.75) is 31.3 Å². The van der Waals surface area contributed by atoms with Crippen LogP contribution in [0.5, 0.6) is 0 Å². The lowest BCUT2D eigenvalue weighted by Gasteiger charge is -2.38. The smallest absolute Gasteiger partial charge is 0.335 e. The minimum absolute atomic E-state index is 0.130. The Balaban J connectivity index is 1.73. The lowest BCUT2D eigenvalue weighted by atomic mass is 9.83. The highest BCUT2D eigenvalue weighted by atomic mass is 19.1. The summed E-state index contributed by atoms with van der Waals surface area (Å²) < 4.78 is 18.7. The van der Waals surface area contributed by atoms with E-state index in [1.54, 1.807) is 18.2 Å². The molecule has 1 aliphatic heterocycles. The minimum Gasteiger partial charge on any atom is -0.478 e. The molecule has 0 unspecified atom stereocenters. The number of carboxylic acids is 1. The number of benzene rings is 2. The third-order valence-corrected chi connectivity index (χ3v) is 4.75. The fraction of sp³-hybridized carbons (Fsp3) is 0.350. The molecule has 3 rings (SSSR count). The highest BCUT2D eigenvalue weighted by Crippen LogP contribution is 2.26. The summed E-state index contributed by atoms with van der Waals surface area (Å²) in [5, 5.41) is 12.7. The highest BCUT2D eigenvalue weighted by molar-refractivity contribution is 5.87. The molecule has 2 N–H and O–H groups in total. The zero-order chi connectivity index (χ0) is 17.7. The van der Waals surface area contributed by atoms with Gasteiger partial charge in [-0.15, -0.1) is 0 Å². The molecule has 2 aromatic carbocycles. The van der Waals surface area contributed by atoms with Gasteiger partial charge in [-0.1, -0.05) is 24.3 Å². The Bertz CT molecular complexity index is 724. The third kappa shape index (κ3) is 4.65. The first kappa shape index (κ1) is 17.6. The molecule has 0 atom stereocenters. The van der Waals surface area contributed by atoms with E-state index in [1.165, 1.54) is 12.1 Å². The van der Waals surface area contributed by atoms with Crippen molar-refractivity contribution < 1.29 is 19.0 Å². The molecule has 2 aromatic rings. The van der Waals surface area contributed by atoms with Gasteiger partial charge in [0.05, 0.1) is 5.56 Å². The van der Waals surface area contributed by atoms with Crippen molar-refractivity contribution in [3.05, 3.63) is 71.0 Å². The number of hydrogen-bond acceptors (Lipinski definition) is 3. The zero-order valence-corrected chi connectivity index (χ0v) is 14.0. The number of aromatic carboxylic acids is 1. The monoisotopic (exact) mass is 343 g/mol. The summed E-state index contributed by atoms with van der Waals surface area (Å²) >= 11 is 0. The maximum Gasteiger partial charge on any atom is 0.335 e. The van der Waals surface area contributed by atoms with E-state index < -0.39 is 5.97 Å². The van der Waals surface area contributed by atoms with Crippen LogP contribution >= 0.6 is 0 Å². The number of carbonyl (C=O) groups is 1. The van der Waals surface area contributed by atoms with E-state index in [0.29, 0.717) is 25.3 Å². The molecule has 132 valence electrons. The number of ether oxygens (including phenoxy) is 1. The highest BCUT2D eigenvalue weighted by Gasteiger charge is 2.32. The van der Waals surface area contributed by atoms with Gasteiger partial charge in [-0.05, 0) is 54.7 Å². The van der Waals surface area contributed by atoms with Crippen LogP contribution < -0.4 is 5.32 Å². The summed E-state index contributed by atoms with van der Waals surface area (Å²) in [4.78, 5) is 11.1. The van der Waals surface area contributed by atoms with Crippen LogP contribution in [-0.4, -0.2) is 29.8 Å². The van der Waals surface area contributed by atoms with Crippen molar-refractivity contribution in [3.8, 4) is 0 Å². The second-order valence-corrected chi connectivity index (χ2v) is 6.56. The van der Waals surface area contributed by atoms with Crippen molar-refractivity contribution in [1.82, 2.24) is 5.32 Å². The number of halogens is 1. The number of hydrogen-bond donors (Lipinski definition) is 2. The Morgan fingerprint density at radius 2 is 1.84 bits per heavy atom. The molecule has 0 bridgehead atoms. The Morgan fingerprint density at radius 1 is 1.12 bits per heavy atom.